The third-order valence-corrected chi connectivity index (χ3v) is 2.37. The lowest BCUT2D eigenvalue weighted by Gasteiger charge is -2.29. The van der Waals surface area contributed by atoms with Gasteiger partial charge in [0.1, 0.15) is 0 Å². The molecule has 13 heavy (non-hydrogen) atoms. The minimum absolute atomic E-state index is 0.271. The van der Waals surface area contributed by atoms with Crippen molar-refractivity contribution in [3.05, 3.63) is 0 Å². The summed E-state index contributed by atoms with van der Waals surface area (Å²) < 4.78 is 0. The number of nitrogens with zero attached hydrogens (tertiary/aromatic N) is 1. The Morgan fingerprint density at radius 1 is 1.38 bits per heavy atom. The fourth-order valence-electron chi connectivity index (χ4n) is 1.61. The van der Waals surface area contributed by atoms with E-state index >= 15 is 0 Å². The molecule has 3 N–H and O–H groups in total. The third kappa shape index (κ3) is 2.93. The quantitative estimate of drug-likeness (QED) is 0.648. The number of piperidine rings is 1. The SMILES string of the molecule is NC(=O)CC1CCN(C(=O)O)CC1. The van der Waals surface area contributed by atoms with Gasteiger partial charge in [0.05, 0.1) is 0 Å². The first kappa shape index (κ1) is 9.83. The van der Waals surface area contributed by atoms with Gasteiger partial charge in [0.25, 0.3) is 0 Å². The predicted octanol–water partition coefficient (Wildman–Crippen LogP) is 0.252. The van der Waals surface area contributed by atoms with E-state index in [4.69, 9.17) is 10.8 Å². The van der Waals surface area contributed by atoms with Crippen LogP contribution in [-0.4, -0.2) is 35.1 Å². The molecule has 74 valence electrons. The number of carbonyl (C=O) groups excluding carboxylic acids is 1. The van der Waals surface area contributed by atoms with E-state index in [9.17, 15) is 9.59 Å². The van der Waals surface area contributed by atoms with E-state index < -0.39 is 6.09 Å². The van der Waals surface area contributed by atoms with E-state index in [-0.39, 0.29) is 11.8 Å². The van der Waals surface area contributed by atoms with Crippen LogP contribution in [0.15, 0.2) is 0 Å². The Morgan fingerprint density at radius 3 is 2.31 bits per heavy atom. The van der Waals surface area contributed by atoms with E-state index in [1.807, 2.05) is 0 Å². The van der Waals surface area contributed by atoms with Crippen molar-refractivity contribution in [3.63, 3.8) is 0 Å². The molecule has 5 nitrogen and oxygen atoms in total. The third-order valence-electron chi connectivity index (χ3n) is 2.37. The lowest BCUT2D eigenvalue weighted by molar-refractivity contribution is -0.119. The van der Waals surface area contributed by atoms with Crippen LogP contribution in [0.1, 0.15) is 19.3 Å². The van der Waals surface area contributed by atoms with Gasteiger partial charge < -0.3 is 15.7 Å². The molecule has 0 aromatic heterocycles. The fourth-order valence-corrected chi connectivity index (χ4v) is 1.61. The van der Waals surface area contributed by atoms with Gasteiger partial charge in [-0.3, -0.25) is 4.79 Å². The van der Waals surface area contributed by atoms with Crippen molar-refractivity contribution < 1.29 is 14.7 Å². The summed E-state index contributed by atoms with van der Waals surface area (Å²) in [6.45, 7) is 1.04. The number of rotatable bonds is 2. The molecule has 1 heterocycles. The highest BCUT2D eigenvalue weighted by Crippen LogP contribution is 2.19. The maximum atomic E-state index is 10.6. The summed E-state index contributed by atoms with van der Waals surface area (Å²) in [5, 5.41) is 8.64. The van der Waals surface area contributed by atoms with Crippen LogP contribution in [0.5, 0.6) is 0 Å². The van der Waals surface area contributed by atoms with Gasteiger partial charge >= 0.3 is 6.09 Å². The molecule has 1 aliphatic rings. The second-order valence-corrected chi connectivity index (χ2v) is 3.38. The molecule has 0 saturated carbocycles. The van der Waals surface area contributed by atoms with Crippen LogP contribution in [0.4, 0.5) is 4.79 Å². The first-order valence-corrected chi connectivity index (χ1v) is 4.35. The second kappa shape index (κ2) is 4.11. The van der Waals surface area contributed by atoms with Crippen LogP contribution >= 0.6 is 0 Å². The molecule has 2 amide bonds. The van der Waals surface area contributed by atoms with Gasteiger partial charge in [0.15, 0.2) is 0 Å². The van der Waals surface area contributed by atoms with Crippen molar-refractivity contribution in [2.45, 2.75) is 19.3 Å². The average molecular weight is 186 g/mol. The Kier molecular flexibility index (Phi) is 3.11. The molecule has 0 unspecified atom stereocenters. The standard InChI is InChI=1S/C8H14N2O3/c9-7(11)5-6-1-3-10(4-2-6)8(12)13/h6H,1-5H2,(H2,9,11)(H,12,13). The van der Waals surface area contributed by atoms with Gasteiger partial charge in [-0.1, -0.05) is 0 Å². The Hall–Kier alpha value is -1.26. The fraction of sp³-hybridized carbons (Fsp3) is 0.750. The topological polar surface area (TPSA) is 83.6 Å². The zero-order valence-electron chi connectivity index (χ0n) is 7.40. The number of likely N-dealkylation sites (tertiary alicyclic amines) is 1. The monoisotopic (exact) mass is 186 g/mol. The van der Waals surface area contributed by atoms with Gasteiger partial charge in [-0.05, 0) is 18.8 Å². The largest absolute Gasteiger partial charge is 0.465 e. The summed E-state index contributed by atoms with van der Waals surface area (Å²) in [5.41, 5.74) is 5.05. The molecular weight excluding hydrogens is 172 g/mol. The normalized spacial score (nSPS) is 18.6. The summed E-state index contributed by atoms with van der Waals surface area (Å²) >= 11 is 0. The highest BCUT2D eigenvalue weighted by molar-refractivity contribution is 5.74. The van der Waals surface area contributed by atoms with E-state index in [2.05, 4.69) is 0 Å². The number of nitrogens with two attached hydrogens (primary N) is 1. The summed E-state index contributed by atoms with van der Waals surface area (Å²) in [4.78, 5) is 22.5. The van der Waals surface area contributed by atoms with Crippen LogP contribution in [0, 0.1) is 5.92 Å². The Balaban J connectivity index is 2.30. The lowest BCUT2D eigenvalue weighted by atomic mass is 9.93. The van der Waals surface area contributed by atoms with Crippen molar-refractivity contribution in [1.29, 1.82) is 0 Å². The van der Waals surface area contributed by atoms with Crippen molar-refractivity contribution in [2.75, 3.05) is 13.1 Å². The predicted molar refractivity (Wildman–Crippen MR) is 46.1 cm³/mol. The van der Waals surface area contributed by atoms with Gasteiger partial charge in [0.2, 0.25) is 5.91 Å². The molecule has 0 bridgehead atoms. The minimum atomic E-state index is -0.877. The Morgan fingerprint density at radius 2 is 1.92 bits per heavy atom. The van der Waals surface area contributed by atoms with E-state index in [0.717, 1.165) is 12.8 Å². The number of carboxylic acid groups (broad SMARTS) is 1. The summed E-state index contributed by atoms with van der Waals surface area (Å²) in [6, 6.07) is 0. The molecule has 0 radical (unpaired) electrons. The van der Waals surface area contributed by atoms with E-state index in [0.29, 0.717) is 19.5 Å². The van der Waals surface area contributed by atoms with Gasteiger partial charge in [-0.15, -0.1) is 0 Å². The van der Waals surface area contributed by atoms with Crippen LogP contribution < -0.4 is 5.73 Å². The van der Waals surface area contributed by atoms with Crippen LogP contribution in [0.3, 0.4) is 0 Å². The molecular formula is C8H14N2O3. The number of primary amides is 1. The van der Waals surface area contributed by atoms with Gasteiger partial charge in [-0.25, -0.2) is 4.79 Å². The summed E-state index contributed by atoms with van der Waals surface area (Å²) in [6.07, 6.45) is 0.996. The van der Waals surface area contributed by atoms with Crippen LogP contribution in [-0.2, 0) is 4.79 Å². The molecule has 1 aliphatic heterocycles. The van der Waals surface area contributed by atoms with Crippen molar-refractivity contribution in [2.24, 2.45) is 11.7 Å². The van der Waals surface area contributed by atoms with Crippen molar-refractivity contribution in [3.8, 4) is 0 Å². The number of hydrogen-bond acceptors (Lipinski definition) is 2. The Labute approximate surface area is 76.5 Å². The van der Waals surface area contributed by atoms with E-state index in [1.54, 1.807) is 0 Å². The Bertz CT molecular complexity index is 209. The molecule has 0 aromatic carbocycles. The van der Waals surface area contributed by atoms with Gasteiger partial charge in [-0.2, -0.15) is 0 Å². The lowest BCUT2D eigenvalue weighted by Crippen LogP contribution is -2.38. The molecule has 5 heteroatoms. The number of hydrogen-bond donors (Lipinski definition) is 2. The first-order valence-electron chi connectivity index (χ1n) is 4.35. The van der Waals surface area contributed by atoms with Crippen molar-refractivity contribution in [1.82, 2.24) is 4.90 Å². The summed E-state index contributed by atoms with van der Waals surface area (Å²) in [5.74, 6) is -0.0260. The molecule has 0 aromatic rings. The van der Waals surface area contributed by atoms with Crippen molar-refractivity contribution >= 4 is 12.0 Å². The van der Waals surface area contributed by atoms with Crippen LogP contribution in [0.2, 0.25) is 0 Å². The smallest absolute Gasteiger partial charge is 0.407 e. The van der Waals surface area contributed by atoms with Gasteiger partial charge in [0, 0.05) is 19.5 Å². The maximum Gasteiger partial charge on any atom is 0.407 e. The summed E-state index contributed by atoms with van der Waals surface area (Å²) in [7, 11) is 0. The zero-order chi connectivity index (χ0) is 9.84. The molecule has 0 spiro atoms. The molecule has 0 aliphatic carbocycles. The average Bonchev–Trinajstić information content (AvgIpc) is 2.04. The maximum absolute atomic E-state index is 10.6. The molecule has 0 atom stereocenters. The molecule has 1 saturated heterocycles. The van der Waals surface area contributed by atoms with Crippen LogP contribution in [0.25, 0.3) is 0 Å². The number of amides is 2. The first-order chi connectivity index (χ1) is 6.09. The molecule has 1 fully saturated rings. The zero-order valence-corrected chi connectivity index (χ0v) is 7.40. The second-order valence-electron chi connectivity index (χ2n) is 3.38. The number of carbonyl (C=O) groups is 2. The van der Waals surface area contributed by atoms with E-state index in [1.165, 1.54) is 4.90 Å². The minimum Gasteiger partial charge on any atom is -0.465 e. The highest BCUT2D eigenvalue weighted by Gasteiger charge is 2.22. The molecule has 1 rings (SSSR count). The highest BCUT2D eigenvalue weighted by atomic mass is 16.4.